The Kier molecular flexibility index (Phi) is 4.24. The smallest absolute Gasteiger partial charge is 0.224 e. The maximum Gasteiger partial charge on any atom is 0.224 e. The Morgan fingerprint density at radius 1 is 1.05 bits per heavy atom. The number of nitrogens with one attached hydrogen (secondary N) is 2. The monoisotopic (exact) mass is 292 g/mol. The number of hydrogen-bond acceptors (Lipinski definition) is 1. The molecule has 1 amide bonds. The van der Waals surface area contributed by atoms with Crippen LogP contribution in [0.3, 0.4) is 0 Å². The van der Waals surface area contributed by atoms with E-state index in [-0.39, 0.29) is 5.91 Å². The molecule has 3 nitrogen and oxygen atoms in total. The Morgan fingerprint density at radius 3 is 2.68 bits per heavy atom. The van der Waals surface area contributed by atoms with Gasteiger partial charge in [-0.3, -0.25) is 4.79 Å². The van der Waals surface area contributed by atoms with Crippen LogP contribution in [-0.4, -0.2) is 17.4 Å². The zero-order valence-electron chi connectivity index (χ0n) is 12.7. The highest BCUT2D eigenvalue weighted by atomic mass is 16.1. The van der Waals surface area contributed by atoms with Crippen LogP contribution in [-0.2, 0) is 17.6 Å². The summed E-state index contributed by atoms with van der Waals surface area (Å²) in [6, 6.07) is 16.3. The second-order valence-corrected chi connectivity index (χ2v) is 5.56. The molecule has 3 heteroatoms. The van der Waals surface area contributed by atoms with Crippen LogP contribution < -0.4 is 5.32 Å². The lowest BCUT2D eigenvalue weighted by Crippen LogP contribution is -2.27. The van der Waals surface area contributed by atoms with Crippen molar-refractivity contribution in [2.45, 2.75) is 19.8 Å². The lowest BCUT2D eigenvalue weighted by Gasteiger charge is -2.07. The third-order valence-corrected chi connectivity index (χ3v) is 4.00. The summed E-state index contributed by atoms with van der Waals surface area (Å²) in [5, 5.41) is 4.13. The number of hydrogen-bond donors (Lipinski definition) is 2. The minimum Gasteiger partial charge on any atom is -0.361 e. The molecule has 22 heavy (non-hydrogen) atoms. The highest BCUT2D eigenvalue weighted by Gasteiger charge is 2.08. The van der Waals surface area contributed by atoms with Gasteiger partial charge in [0.05, 0.1) is 6.42 Å². The lowest BCUT2D eigenvalue weighted by molar-refractivity contribution is -0.120. The molecule has 1 heterocycles. The number of fused-ring (bicyclic) bond motifs is 1. The summed E-state index contributed by atoms with van der Waals surface area (Å²) in [6.07, 6.45) is 3.20. The van der Waals surface area contributed by atoms with E-state index in [4.69, 9.17) is 0 Å². The Hall–Kier alpha value is -2.55. The third-order valence-electron chi connectivity index (χ3n) is 4.00. The summed E-state index contributed by atoms with van der Waals surface area (Å²) in [7, 11) is 0. The number of amides is 1. The van der Waals surface area contributed by atoms with Gasteiger partial charge < -0.3 is 10.3 Å². The van der Waals surface area contributed by atoms with Crippen LogP contribution >= 0.6 is 0 Å². The van der Waals surface area contributed by atoms with E-state index in [9.17, 15) is 4.79 Å². The number of aromatic amines is 1. The van der Waals surface area contributed by atoms with Gasteiger partial charge in [0.2, 0.25) is 5.91 Å². The normalized spacial score (nSPS) is 10.8. The van der Waals surface area contributed by atoms with Crippen LogP contribution in [0, 0.1) is 6.92 Å². The fourth-order valence-corrected chi connectivity index (χ4v) is 2.74. The number of carbonyl (C=O) groups is 1. The predicted octanol–water partition coefficient (Wildman–Crippen LogP) is 3.38. The van der Waals surface area contributed by atoms with Crippen molar-refractivity contribution in [2.75, 3.05) is 6.54 Å². The molecule has 0 aliphatic rings. The molecule has 0 atom stereocenters. The highest BCUT2D eigenvalue weighted by molar-refractivity contribution is 5.88. The fraction of sp³-hybridized carbons (Fsp3) is 0.211. The minimum absolute atomic E-state index is 0.0679. The zero-order chi connectivity index (χ0) is 15.4. The Bertz CT molecular complexity index is 789. The van der Waals surface area contributed by atoms with Crippen molar-refractivity contribution in [3.63, 3.8) is 0 Å². The number of aromatic nitrogens is 1. The average molecular weight is 292 g/mol. The van der Waals surface area contributed by atoms with Gasteiger partial charge in [-0.15, -0.1) is 0 Å². The van der Waals surface area contributed by atoms with E-state index in [1.807, 2.05) is 42.6 Å². The summed E-state index contributed by atoms with van der Waals surface area (Å²) in [4.78, 5) is 15.3. The van der Waals surface area contributed by atoms with Gasteiger partial charge in [0.25, 0.3) is 0 Å². The molecule has 0 unspecified atom stereocenters. The van der Waals surface area contributed by atoms with Gasteiger partial charge in [0.1, 0.15) is 0 Å². The Balaban J connectivity index is 1.56. The van der Waals surface area contributed by atoms with Gasteiger partial charge in [0, 0.05) is 23.6 Å². The van der Waals surface area contributed by atoms with Crippen LogP contribution in [0.25, 0.3) is 10.9 Å². The average Bonchev–Trinajstić information content (AvgIpc) is 2.92. The van der Waals surface area contributed by atoms with E-state index >= 15 is 0 Å². The van der Waals surface area contributed by atoms with Gasteiger partial charge in [-0.2, -0.15) is 0 Å². The lowest BCUT2D eigenvalue weighted by atomic mass is 10.1. The first-order chi connectivity index (χ1) is 10.7. The second kappa shape index (κ2) is 6.48. The van der Waals surface area contributed by atoms with Crippen molar-refractivity contribution >= 4 is 16.8 Å². The Labute approximate surface area is 130 Å². The second-order valence-electron chi connectivity index (χ2n) is 5.56. The van der Waals surface area contributed by atoms with Crippen LogP contribution in [0.2, 0.25) is 0 Å². The number of carbonyl (C=O) groups excluding carboxylic acids is 1. The van der Waals surface area contributed by atoms with Gasteiger partial charge in [-0.05, 0) is 36.1 Å². The molecule has 0 aliphatic heterocycles. The summed E-state index contributed by atoms with van der Waals surface area (Å²) >= 11 is 0. The summed E-state index contributed by atoms with van der Waals surface area (Å²) in [5.41, 5.74) is 4.68. The van der Waals surface area contributed by atoms with Crippen molar-refractivity contribution < 1.29 is 4.79 Å². The largest absolute Gasteiger partial charge is 0.361 e. The van der Waals surface area contributed by atoms with E-state index in [2.05, 4.69) is 29.4 Å². The maximum atomic E-state index is 12.1. The zero-order valence-corrected chi connectivity index (χ0v) is 12.7. The topological polar surface area (TPSA) is 44.9 Å². The van der Waals surface area contributed by atoms with Crippen LogP contribution in [0.4, 0.5) is 0 Å². The molecular formula is C19H20N2O. The van der Waals surface area contributed by atoms with Crippen molar-refractivity contribution in [1.82, 2.24) is 10.3 Å². The van der Waals surface area contributed by atoms with Gasteiger partial charge in [0.15, 0.2) is 0 Å². The van der Waals surface area contributed by atoms with Gasteiger partial charge in [-0.1, -0.05) is 42.5 Å². The van der Waals surface area contributed by atoms with Crippen LogP contribution in [0.1, 0.15) is 16.7 Å². The molecule has 2 aromatic carbocycles. The fourth-order valence-electron chi connectivity index (χ4n) is 2.74. The number of para-hydroxylation sites is 1. The molecule has 0 spiro atoms. The van der Waals surface area contributed by atoms with E-state index in [1.165, 1.54) is 11.1 Å². The maximum absolute atomic E-state index is 12.1. The molecule has 0 aliphatic carbocycles. The molecule has 0 fully saturated rings. The third kappa shape index (κ3) is 3.19. The van der Waals surface area contributed by atoms with Crippen molar-refractivity contribution in [3.8, 4) is 0 Å². The van der Waals surface area contributed by atoms with E-state index in [1.54, 1.807) is 0 Å². The molecule has 2 N–H and O–H groups in total. The van der Waals surface area contributed by atoms with E-state index in [0.29, 0.717) is 13.0 Å². The minimum atomic E-state index is 0.0679. The van der Waals surface area contributed by atoms with Crippen molar-refractivity contribution in [1.29, 1.82) is 0 Å². The van der Waals surface area contributed by atoms with E-state index in [0.717, 1.165) is 22.9 Å². The molecule has 112 valence electrons. The summed E-state index contributed by atoms with van der Waals surface area (Å²) in [5.74, 6) is 0.0679. The quantitative estimate of drug-likeness (QED) is 0.744. The van der Waals surface area contributed by atoms with Crippen molar-refractivity contribution in [3.05, 3.63) is 71.4 Å². The molecule has 3 rings (SSSR count). The molecule has 3 aromatic rings. The Morgan fingerprint density at radius 2 is 1.82 bits per heavy atom. The van der Waals surface area contributed by atoms with Gasteiger partial charge in [-0.25, -0.2) is 0 Å². The van der Waals surface area contributed by atoms with Crippen LogP contribution in [0.5, 0.6) is 0 Å². The van der Waals surface area contributed by atoms with Crippen LogP contribution in [0.15, 0.2) is 54.7 Å². The summed E-state index contributed by atoms with van der Waals surface area (Å²) < 4.78 is 0. The number of H-pyrrole nitrogens is 1. The van der Waals surface area contributed by atoms with E-state index < -0.39 is 0 Å². The number of aryl methyl sites for hydroxylation is 1. The SMILES string of the molecule is Cc1ccccc1CCNC(=O)Cc1c[nH]c2ccccc12. The predicted molar refractivity (Wildman–Crippen MR) is 89.9 cm³/mol. The first-order valence-corrected chi connectivity index (χ1v) is 7.60. The molecule has 0 radical (unpaired) electrons. The standard InChI is InChI=1S/C19H20N2O/c1-14-6-2-3-7-15(14)10-11-20-19(22)12-16-13-21-18-9-5-4-8-17(16)18/h2-9,13,21H,10-12H2,1H3,(H,20,22). The molecule has 0 saturated carbocycles. The molecule has 0 bridgehead atoms. The first kappa shape index (κ1) is 14.4. The highest BCUT2D eigenvalue weighted by Crippen LogP contribution is 2.17. The number of benzene rings is 2. The first-order valence-electron chi connectivity index (χ1n) is 7.60. The summed E-state index contributed by atoms with van der Waals surface area (Å²) in [6.45, 7) is 2.77. The molecule has 0 saturated heterocycles. The molecule has 1 aromatic heterocycles. The number of rotatable bonds is 5. The van der Waals surface area contributed by atoms with Crippen molar-refractivity contribution in [2.24, 2.45) is 0 Å². The molecular weight excluding hydrogens is 272 g/mol. The van der Waals surface area contributed by atoms with Gasteiger partial charge >= 0.3 is 0 Å².